The maximum Gasteiger partial charge on any atom is 0.389 e. The zero-order valence-corrected chi connectivity index (χ0v) is 11.6. The number of hydrogen-bond donors (Lipinski definition) is 3. The first-order chi connectivity index (χ1) is 9.82. The standard InChI is InChI=1S/C12H20F3N3O3/c13-12(14,15)3-1-2-6-17-10(19)11(9(16)18-20)4-7-21-8-5-11/h20H,1-8H2,(H2,16,18)(H,17,19). The van der Waals surface area contributed by atoms with Gasteiger partial charge in [-0.15, -0.1) is 0 Å². The molecule has 1 saturated heterocycles. The Labute approximate surface area is 120 Å². The van der Waals surface area contributed by atoms with E-state index in [-0.39, 0.29) is 38.1 Å². The van der Waals surface area contributed by atoms with E-state index in [4.69, 9.17) is 15.7 Å². The predicted octanol–water partition coefficient (Wildman–Crippen LogP) is 1.38. The third kappa shape index (κ3) is 5.07. The lowest BCUT2D eigenvalue weighted by Gasteiger charge is -2.34. The van der Waals surface area contributed by atoms with Crippen LogP contribution in [0.1, 0.15) is 32.1 Å². The van der Waals surface area contributed by atoms with Crippen molar-refractivity contribution in [2.24, 2.45) is 16.3 Å². The Morgan fingerprint density at radius 3 is 2.48 bits per heavy atom. The van der Waals surface area contributed by atoms with E-state index in [0.29, 0.717) is 13.2 Å². The molecule has 1 fully saturated rings. The minimum atomic E-state index is -4.18. The minimum Gasteiger partial charge on any atom is -0.409 e. The summed E-state index contributed by atoms with van der Waals surface area (Å²) < 4.78 is 41.1. The fraction of sp³-hybridized carbons (Fsp3) is 0.833. The zero-order chi connectivity index (χ0) is 15.9. The van der Waals surface area contributed by atoms with Crippen molar-refractivity contribution in [3.63, 3.8) is 0 Å². The summed E-state index contributed by atoms with van der Waals surface area (Å²) in [6, 6.07) is 0. The van der Waals surface area contributed by atoms with Crippen LogP contribution in [-0.2, 0) is 9.53 Å². The highest BCUT2D eigenvalue weighted by Gasteiger charge is 2.44. The summed E-state index contributed by atoms with van der Waals surface area (Å²) in [5.74, 6) is -0.633. The fourth-order valence-electron chi connectivity index (χ4n) is 2.24. The lowest BCUT2D eigenvalue weighted by atomic mass is 9.78. The number of rotatable bonds is 6. The van der Waals surface area contributed by atoms with Crippen molar-refractivity contribution in [2.45, 2.75) is 38.3 Å². The molecule has 1 amide bonds. The SMILES string of the molecule is NC(=NO)C1(C(=O)NCCCCC(F)(F)F)CCOCC1. The Morgan fingerprint density at radius 2 is 1.95 bits per heavy atom. The van der Waals surface area contributed by atoms with Gasteiger partial charge in [0.1, 0.15) is 5.41 Å². The largest absolute Gasteiger partial charge is 0.409 e. The number of alkyl halides is 3. The molecule has 6 nitrogen and oxygen atoms in total. The van der Waals surface area contributed by atoms with Crippen LogP contribution in [0.5, 0.6) is 0 Å². The third-order valence-electron chi connectivity index (χ3n) is 3.55. The highest BCUT2D eigenvalue weighted by Crippen LogP contribution is 2.31. The summed E-state index contributed by atoms with van der Waals surface area (Å²) in [6.07, 6.45) is -4.34. The normalized spacial score (nSPS) is 19.3. The van der Waals surface area contributed by atoms with E-state index in [1.165, 1.54) is 0 Å². The molecule has 0 spiro atoms. The quantitative estimate of drug-likeness (QED) is 0.227. The van der Waals surface area contributed by atoms with Crippen LogP contribution in [0.25, 0.3) is 0 Å². The number of ether oxygens (including phenoxy) is 1. The zero-order valence-electron chi connectivity index (χ0n) is 11.6. The molecule has 1 heterocycles. The van der Waals surface area contributed by atoms with Gasteiger partial charge in [0.05, 0.1) is 0 Å². The molecule has 0 aliphatic carbocycles. The number of amides is 1. The average Bonchev–Trinajstić information content (AvgIpc) is 2.45. The van der Waals surface area contributed by atoms with Crippen molar-refractivity contribution in [3.8, 4) is 0 Å². The van der Waals surface area contributed by atoms with Gasteiger partial charge in [-0.2, -0.15) is 13.2 Å². The van der Waals surface area contributed by atoms with Crippen LogP contribution in [0.3, 0.4) is 0 Å². The van der Waals surface area contributed by atoms with Crippen LogP contribution in [-0.4, -0.2) is 42.9 Å². The molecule has 21 heavy (non-hydrogen) atoms. The van der Waals surface area contributed by atoms with E-state index in [1.54, 1.807) is 0 Å². The molecule has 0 radical (unpaired) electrons. The Hall–Kier alpha value is -1.51. The number of nitrogens with one attached hydrogen (secondary N) is 1. The Kier molecular flexibility index (Phi) is 6.25. The molecule has 1 aliphatic rings. The van der Waals surface area contributed by atoms with Crippen LogP contribution in [0, 0.1) is 5.41 Å². The number of amidine groups is 1. The number of carbonyl (C=O) groups excluding carboxylic acids is 1. The molecule has 0 aromatic carbocycles. The summed E-state index contributed by atoms with van der Waals surface area (Å²) in [6.45, 7) is 0.728. The van der Waals surface area contributed by atoms with Gasteiger partial charge in [-0.3, -0.25) is 4.79 Å². The van der Waals surface area contributed by atoms with Crippen molar-refractivity contribution in [2.75, 3.05) is 19.8 Å². The summed E-state index contributed by atoms with van der Waals surface area (Å²) in [7, 11) is 0. The van der Waals surface area contributed by atoms with E-state index in [0.717, 1.165) is 0 Å². The van der Waals surface area contributed by atoms with Crippen molar-refractivity contribution in [1.82, 2.24) is 5.32 Å². The number of nitrogens with two attached hydrogens (primary N) is 1. The molecule has 9 heteroatoms. The minimum absolute atomic E-state index is 0.0521. The summed E-state index contributed by atoms with van der Waals surface area (Å²) >= 11 is 0. The molecule has 0 unspecified atom stereocenters. The van der Waals surface area contributed by atoms with Crippen LogP contribution in [0.4, 0.5) is 13.2 Å². The van der Waals surface area contributed by atoms with Crippen molar-refractivity contribution < 1.29 is 27.9 Å². The fourth-order valence-corrected chi connectivity index (χ4v) is 2.24. The number of hydrogen-bond acceptors (Lipinski definition) is 4. The maximum atomic E-state index is 12.2. The first kappa shape index (κ1) is 17.5. The molecule has 0 aromatic rings. The average molecular weight is 311 g/mol. The van der Waals surface area contributed by atoms with Gasteiger partial charge >= 0.3 is 6.18 Å². The van der Waals surface area contributed by atoms with Crippen molar-refractivity contribution in [1.29, 1.82) is 0 Å². The van der Waals surface area contributed by atoms with E-state index in [1.807, 2.05) is 0 Å². The maximum absolute atomic E-state index is 12.2. The van der Waals surface area contributed by atoms with E-state index in [9.17, 15) is 18.0 Å². The lowest BCUT2D eigenvalue weighted by Crippen LogP contribution is -2.52. The van der Waals surface area contributed by atoms with Gasteiger partial charge in [0.15, 0.2) is 5.84 Å². The van der Waals surface area contributed by atoms with Gasteiger partial charge in [-0.1, -0.05) is 5.16 Å². The van der Waals surface area contributed by atoms with Gasteiger partial charge in [0, 0.05) is 26.2 Å². The Balaban J connectivity index is 2.47. The summed E-state index contributed by atoms with van der Waals surface area (Å²) in [4.78, 5) is 12.2. The smallest absolute Gasteiger partial charge is 0.389 e. The van der Waals surface area contributed by atoms with E-state index in [2.05, 4.69) is 10.5 Å². The molecular weight excluding hydrogens is 291 g/mol. The number of halogens is 3. The van der Waals surface area contributed by atoms with Crippen molar-refractivity contribution in [3.05, 3.63) is 0 Å². The van der Waals surface area contributed by atoms with Gasteiger partial charge < -0.3 is 21.0 Å². The molecule has 0 saturated carbocycles. The second-order valence-electron chi connectivity index (χ2n) is 5.01. The summed E-state index contributed by atoms with van der Waals surface area (Å²) in [5, 5.41) is 14.3. The highest BCUT2D eigenvalue weighted by atomic mass is 19.4. The van der Waals surface area contributed by atoms with Crippen molar-refractivity contribution >= 4 is 11.7 Å². The summed E-state index contributed by atoms with van der Waals surface area (Å²) in [5.41, 5.74) is 4.46. The number of nitrogens with zero attached hydrogens (tertiary/aromatic N) is 1. The van der Waals surface area contributed by atoms with Crippen LogP contribution < -0.4 is 11.1 Å². The van der Waals surface area contributed by atoms with E-state index < -0.39 is 23.9 Å². The molecular formula is C12H20F3N3O3. The molecule has 0 aromatic heterocycles. The highest BCUT2D eigenvalue weighted by molar-refractivity contribution is 6.06. The van der Waals surface area contributed by atoms with Crippen LogP contribution in [0.2, 0.25) is 0 Å². The van der Waals surface area contributed by atoms with Gasteiger partial charge in [0.2, 0.25) is 5.91 Å². The van der Waals surface area contributed by atoms with Crippen LogP contribution in [0.15, 0.2) is 5.16 Å². The van der Waals surface area contributed by atoms with Gasteiger partial charge in [-0.05, 0) is 25.7 Å². The lowest BCUT2D eigenvalue weighted by molar-refractivity contribution is -0.135. The molecule has 1 rings (SSSR count). The predicted molar refractivity (Wildman–Crippen MR) is 68.8 cm³/mol. The Morgan fingerprint density at radius 1 is 1.33 bits per heavy atom. The number of carbonyl (C=O) groups is 1. The molecule has 122 valence electrons. The molecule has 0 atom stereocenters. The number of oxime groups is 1. The van der Waals surface area contributed by atoms with Gasteiger partial charge in [-0.25, -0.2) is 0 Å². The number of unbranched alkanes of at least 4 members (excludes halogenated alkanes) is 1. The molecule has 0 bridgehead atoms. The first-order valence-corrected chi connectivity index (χ1v) is 6.72. The second kappa shape index (κ2) is 7.48. The monoisotopic (exact) mass is 311 g/mol. The first-order valence-electron chi connectivity index (χ1n) is 6.72. The molecule has 4 N–H and O–H groups in total. The topological polar surface area (TPSA) is 96.9 Å². The third-order valence-corrected chi connectivity index (χ3v) is 3.55. The van der Waals surface area contributed by atoms with Crippen LogP contribution >= 0.6 is 0 Å². The Bertz CT molecular complexity index is 380. The molecule has 1 aliphatic heterocycles. The van der Waals surface area contributed by atoms with Gasteiger partial charge in [0.25, 0.3) is 0 Å². The van der Waals surface area contributed by atoms with E-state index >= 15 is 0 Å². The second-order valence-corrected chi connectivity index (χ2v) is 5.01.